The second-order valence-corrected chi connectivity index (χ2v) is 6.28. The molecule has 132 valence electrons. The van der Waals surface area contributed by atoms with E-state index in [9.17, 15) is 0 Å². The van der Waals surface area contributed by atoms with E-state index in [1.807, 2.05) is 18.2 Å². The Morgan fingerprint density at radius 3 is 2.46 bits per heavy atom. The predicted octanol–water partition coefficient (Wildman–Crippen LogP) is 5.04. The van der Waals surface area contributed by atoms with Crippen molar-refractivity contribution in [2.45, 2.75) is 0 Å². The van der Waals surface area contributed by atoms with Gasteiger partial charge < -0.3 is 20.1 Å². The van der Waals surface area contributed by atoms with Gasteiger partial charge in [0.1, 0.15) is 19.0 Å². The van der Waals surface area contributed by atoms with E-state index in [-0.39, 0.29) is 0 Å². The minimum atomic E-state index is 0.426. The van der Waals surface area contributed by atoms with Gasteiger partial charge in [0.05, 0.1) is 15.7 Å². The smallest absolute Gasteiger partial charge is 0.229 e. The quantitative estimate of drug-likeness (QED) is 0.652. The predicted molar refractivity (Wildman–Crippen MR) is 102 cm³/mol. The molecule has 2 N–H and O–H groups in total. The summed E-state index contributed by atoms with van der Waals surface area (Å²) in [5.41, 5.74) is 1.39. The first-order chi connectivity index (χ1) is 12.7. The Hall–Kier alpha value is -2.70. The van der Waals surface area contributed by atoms with Crippen molar-refractivity contribution < 1.29 is 9.47 Å². The first-order valence-corrected chi connectivity index (χ1v) is 8.65. The third-order valence-corrected chi connectivity index (χ3v) is 4.30. The van der Waals surface area contributed by atoms with Crippen LogP contribution in [0.4, 0.5) is 23.1 Å². The summed E-state index contributed by atoms with van der Waals surface area (Å²) >= 11 is 12.4. The summed E-state index contributed by atoms with van der Waals surface area (Å²) < 4.78 is 11.1. The Morgan fingerprint density at radius 1 is 0.885 bits per heavy atom. The highest BCUT2D eigenvalue weighted by Gasteiger charge is 2.12. The maximum atomic E-state index is 6.18. The Labute approximate surface area is 160 Å². The van der Waals surface area contributed by atoms with Crippen LogP contribution in [0.5, 0.6) is 11.5 Å². The van der Waals surface area contributed by atoms with Gasteiger partial charge in [0.15, 0.2) is 11.5 Å². The standard InChI is InChI=1S/C18H14Cl2N4O2/c19-12-2-1-3-13(20)17(12)23-16-6-7-21-18(24-16)22-11-4-5-14-15(10-11)26-9-8-25-14/h1-7,10H,8-9H2,(H2,21,22,23,24). The average Bonchev–Trinajstić information content (AvgIpc) is 2.65. The summed E-state index contributed by atoms with van der Waals surface area (Å²) in [6.45, 7) is 1.09. The van der Waals surface area contributed by atoms with E-state index in [1.165, 1.54) is 0 Å². The molecular formula is C18H14Cl2N4O2. The van der Waals surface area contributed by atoms with Crippen molar-refractivity contribution in [3.63, 3.8) is 0 Å². The van der Waals surface area contributed by atoms with Crippen LogP contribution in [-0.2, 0) is 0 Å². The topological polar surface area (TPSA) is 68.3 Å². The van der Waals surface area contributed by atoms with Crippen LogP contribution in [-0.4, -0.2) is 23.2 Å². The molecule has 4 rings (SSSR count). The van der Waals surface area contributed by atoms with E-state index in [0.29, 0.717) is 46.5 Å². The Balaban J connectivity index is 1.54. The Kier molecular flexibility index (Phi) is 4.69. The molecule has 0 saturated heterocycles. The van der Waals surface area contributed by atoms with Gasteiger partial charge in [0.25, 0.3) is 0 Å². The van der Waals surface area contributed by atoms with Gasteiger partial charge in [-0.05, 0) is 30.3 Å². The number of para-hydroxylation sites is 1. The molecule has 1 aromatic heterocycles. The summed E-state index contributed by atoms with van der Waals surface area (Å²) in [7, 11) is 0. The zero-order chi connectivity index (χ0) is 17.9. The number of nitrogens with zero attached hydrogens (tertiary/aromatic N) is 2. The van der Waals surface area contributed by atoms with Gasteiger partial charge >= 0.3 is 0 Å². The summed E-state index contributed by atoms with van der Waals surface area (Å²) in [4.78, 5) is 8.67. The molecule has 2 heterocycles. The molecule has 0 spiro atoms. The summed E-state index contributed by atoms with van der Waals surface area (Å²) in [6, 6.07) is 12.6. The summed E-state index contributed by atoms with van der Waals surface area (Å²) in [5.74, 6) is 2.41. The Bertz CT molecular complexity index is 932. The van der Waals surface area contributed by atoms with Crippen LogP contribution >= 0.6 is 23.2 Å². The SMILES string of the molecule is Clc1cccc(Cl)c1Nc1ccnc(Nc2ccc3c(c2)OCCO3)n1. The van der Waals surface area contributed by atoms with Crippen LogP contribution in [0, 0.1) is 0 Å². The number of fused-ring (bicyclic) bond motifs is 1. The monoisotopic (exact) mass is 388 g/mol. The molecule has 6 nitrogen and oxygen atoms in total. The fourth-order valence-electron chi connectivity index (χ4n) is 2.48. The van der Waals surface area contributed by atoms with Crippen molar-refractivity contribution in [2.24, 2.45) is 0 Å². The number of anilines is 4. The minimum Gasteiger partial charge on any atom is -0.486 e. The van der Waals surface area contributed by atoms with E-state index >= 15 is 0 Å². The number of ether oxygens (including phenoxy) is 2. The highest BCUT2D eigenvalue weighted by molar-refractivity contribution is 6.39. The van der Waals surface area contributed by atoms with Gasteiger partial charge in [0.2, 0.25) is 5.95 Å². The van der Waals surface area contributed by atoms with Gasteiger partial charge in [-0.25, -0.2) is 4.98 Å². The van der Waals surface area contributed by atoms with Crippen LogP contribution in [0.2, 0.25) is 10.0 Å². The molecule has 0 radical (unpaired) electrons. The second-order valence-electron chi connectivity index (χ2n) is 5.47. The van der Waals surface area contributed by atoms with Gasteiger partial charge in [-0.3, -0.25) is 0 Å². The third-order valence-electron chi connectivity index (χ3n) is 3.67. The van der Waals surface area contributed by atoms with E-state index < -0.39 is 0 Å². The number of hydrogen-bond acceptors (Lipinski definition) is 6. The highest BCUT2D eigenvalue weighted by Crippen LogP contribution is 2.34. The maximum absolute atomic E-state index is 6.18. The molecule has 0 bridgehead atoms. The average molecular weight is 389 g/mol. The second kappa shape index (κ2) is 7.27. The first-order valence-electron chi connectivity index (χ1n) is 7.90. The van der Waals surface area contributed by atoms with Crippen molar-refractivity contribution in [3.8, 4) is 11.5 Å². The molecule has 0 aliphatic carbocycles. The highest BCUT2D eigenvalue weighted by atomic mass is 35.5. The lowest BCUT2D eigenvalue weighted by Gasteiger charge is -2.19. The lowest BCUT2D eigenvalue weighted by molar-refractivity contribution is 0.171. The van der Waals surface area contributed by atoms with Crippen LogP contribution in [0.3, 0.4) is 0 Å². The number of nitrogens with one attached hydrogen (secondary N) is 2. The van der Waals surface area contributed by atoms with E-state index in [1.54, 1.807) is 30.5 Å². The van der Waals surface area contributed by atoms with E-state index in [0.717, 1.165) is 11.4 Å². The van der Waals surface area contributed by atoms with Crippen LogP contribution in [0.1, 0.15) is 0 Å². The molecule has 1 aliphatic heterocycles. The largest absolute Gasteiger partial charge is 0.486 e. The zero-order valence-electron chi connectivity index (χ0n) is 13.5. The molecule has 0 amide bonds. The van der Waals surface area contributed by atoms with Gasteiger partial charge in [-0.1, -0.05) is 29.3 Å². The molecule has 0 unspecified atom stereocenters. The number of rotatable bonds is 4. The first kappa shape index (κ1) is 16.8. The molecule has 8 heteroatoms. The molecule has 3 aromatic rings. The summed E-state index contributed by atoms with van der Waals surface area (Å²) in [5, 5.41) is 7.29. The van der Waals surface area contributed by atoms with Gasteiger partial charge in [-0.2, -0.15) is 4.98 Å². The van der Waals surface area contributed by atoms with Crippen molar-refractivity contribution in [1.29, 1.82) is 0 Å². The lowest BCUT2D eigenvalue weighted by Crippen LogP contribution is -2.15. The molecular weight excluding hydrogens is 375 g/mol. The van der Waals surface area contributed by atoms with Crippen molar-refractivity contribution in [3.05, 3.63) is 58.7 Å². The van der Waals surface area contributed by atoms with Gasteiger partial charge in [0, 0.05) is 18.0 Å². The minimum absolute atomic E-state index is 0.426. The van der Waals surface area contributed by atoms with Crippen LogP contribution in [0.15, 0.2) is 48.7 Å². The molecule has 0 saturated carbocycles. The number of benzene rings is 2. The van der Waals surface area contributed by atoms with Crippen molar-refractivity contribution in [2.75, 3.05) is 23.8 Å². The molecule has 0 fully saturated rings. The Morgan fingerprint density at radius 2 is 1.65 bits per heavy atom. The van der Waals surface area contributed by atoms with Crippen molar-refractivity contribution >= 4 is 46.3 Å². The van der Waals surface area contributed by atoms with E-state index in [4.69, 9.17) is 32.7 Å². The zero-order valence-corrected chi connectivity index (χ0v) is 15.0. The van der Waals surface area contributed by atoms with Crippen molar-refractivity contribution in [1.82, 2.24) is 9.97 Å². The van der Waals surface area contributed by atoms with Crippen LogP contribution in [0.25, 0.3) is 0 Å². The molecule has 26 heavy (non-hydrogen) atoms. The maximum Gasteiger partial charge on any atom is 0.229 e. The third kappa shape index (κ3) is 3.61. The molecule has 1 aliphatic rings. The normalized spacial score (nSPS) is 12.5. The number of hydrogen-bond donors (Lipinski definition) is 2. The summed E-state index contributed by atoms with van der Waals surface area (Å²) in [6.07, 6.45) is 1.64. The van der Waals surface area contributed by atoms with Crippen LogP contribution < -0.4 is 20.1 Å². The fourth-order valence-corrected chi connectivity index (χ4v) is 2.98. The van der Waals surface area contributed by atoms with E-state index in [2.05, 4.69) is 20.6 Å². The lowest BCUT2D eigenvalue weighted by atomic mass is 10.2. The molecule has 0 atom stereocenters. The van der Waals surface area contributed by atoms with Gasteiger partial charge in [-0.15, -0.1) is 0 Å². The fraction of sp³-hybridized carbons (Fsp3) is 0.111. The number of halogens is 2. The molecule has 2 aromatic carbocycles. The number of aromatic nitrogens is 2.